The van der Waals surface area contributed by atoms with Gasteiger partial charge in [0.1, 0.15) is 12.1 Å². The number of amides is 3. The Kier molecular flexibility index (Phi) is 8.45. The van der Waals surface area contributed by atoms with Crippen LogP contribution in [0, 0.1) is 0 Å². The van der Waals surface area contributed by atoms with Crippen molar-refractivity contribution >= 4 is 23.4 Å². The lowest BCUT2D eigenvalue weighted by molar-refractivity contribution is -0.140. The summed E-state index contributed by atoms with van der Waals surface area (Å²) in [4.78, 5) is 46.2. The molecule has 2 heterocycles. The lowest BCUT2D eigenvalue weighted by atomic mass is 9.83. The molecule has 3 aromatic rings. The van der Waals surface area contributed by atoms with E-state index in [1.807, 2.05) is 95.9 Å². The number of hydrogen-bond acceptors (Lipinski definition) is 5. The molecule has 3 amide bonds. The molecule has 2 saturated heterocycles. The van der Waals surface area contributed by atoms with E-state index < -0.39 is 11.5 Å². The van der Waals surface area contributed by atoms with Crippen molar-refractivity contribution < 1.29 is 19.1 Å². The highest BCUT2D eigenvalue weighted by atomic mass is 16.5. The van der Waals surface area contributed by atoms with Gasteiger partial charge < -0.3 is 24.8 Å². The first-order valence-corrected chi connectivity index (χ1v) is 13.8. The standard InChI is InChI=1S/C32H36N4O4/c1-40-22-19-33-28(37)23-35-24-36(27-15-9-4-10-16-27)32(31(35)39)17-20-34(21-18-32)30(38)29(25-11-5-2-6-12-25)26-13-7-3-8-14-26/h2-16,29H,17-24H2,1H3,(H,33,37). The summed E-state index contributed by atoms with van der Waals surface area (Å²) in [6, 6.07) is 29.6. The third-order valence-corrected chi connectivity index (χ3v) is 7.96. The molecule has 5 rings (SSSR count). The molecule has 2 fully saturated rings. The normalized spacial score (nSPS) is 16.6. The smallest absolute Gasteiger partial charge is 0.250 e. The van der Waals surface area contributed by atoms with E-state index >= 15 is 0 Å². The first kappa shape index (κ1) is 27.4. The van der Waals surface area contributed by atoms with Gasteiger partial charge in [-0.3, -0.25) is 14.4 Å². The number of methoxy groups -OCH3 is 1. The molecule has 8 heteroatoms. The van der Waals surface area contributed by atoms with Crippen LogP contribution in [0.1, 0.15) is 29.9 Å². The van der Waals surface area contributed by atoms with Crippen LogP contribution in [0.2, 0.25) is 0 Å². The molecule has 1 N–H and O–H groups in total. The quantitative estimate of drug-likeness (QED) is 0.422. The number of piperidine rings is 1. The molecule has 0 bridgehead atoms. The van der Waals surface area contributed by atoms with Gasteiger partial charge in [0.05, 0.1) is 19.2 Å². The molecule has 3 aromatic carbocycles. The topological polar surface area (TPSA) is 82.2 Å². The van der Waals surface area contributed by atoms with Crippen molar-refractivity contribution in [1.82, 2.24) is 15.1 Å². The van der Waals surface area contributed by atoms with E-state index in [1.54, 1.807) is 12.0 Å². The number of carbonyl (C=O) groups excluding carboxylic acids is 3. The van der Waals surface area contributed by atoms with Crippen molar-refractivity contribution in [2.45, 2.75) is 24.3 Å². The fourth-order valence-corrected chi connectivity index (χ4v) is 5.89. The van der Waals surface area contributed by atoms with Gasteiger partial charge in [0.15, 0.2) is 0 Å². The third kappa shape index (κ3) is 5.58. The molecule has 2 aliphatic heterocycles. The predicted molar refractivity (Wildman–Crippen MR) is 154 cm³/mol. The SMILES string of the molecule is COCCNC(=O)CN1CN(c2ccccc2)C2(CCN(C(=O)C(c3ccccc3)c3ccccc3)CC2)C1=O. The van der Waals surface area contributed by atoms with E-state index in [0.29, 0.717) is 45.8 Å². The number of anilines is 1. The molecule has 0 unspecified atom stereocenters. The second kappa shape index (κ2) is 12.3. The summed E-state index contributed by atoms with van der Waals surface area (Å²) in [5.74, 6) is -0.642. The lowest BCUT2D eigenvalue weighted by Gasteiger charge is -2.44. The first-order valence-electron chi connectivity index (χ1n) is 13.8. The van der Waals surface area contributed by atoms with E-state index in [4.69, 9.17) is 4.74 Å². The zero-order valence-corrected chi connectivity index (χ0v) is 22.9. The minimum Gasteiger partial charge on any atom is -0.383 e. The maximum Gasteiger partial charge on any atom is 0.250 e. The number of hydrogen-bond donors (Lipinski definition) is 1. The molecular weight excluding hydrogens is 504 g/mol. The molecule has 0 radical (unpaired) electrons. The number of likely N-dealkylation sites (tertiary alicyclic amines) is 1. The van der Waals surface area contributed by atoms with Gasteiger partial charge in [-0.2, -0.15) is 0 Å². The van der Waals surface area contributed by atoms with Crippen molar-refractivity contribution in [3.63, 3.8) is 0 Å². The van der Waals surface area contributed by atoms with Gasteiger partial charge in [-0.15, -0.1) is 0 Å². The number of nitrogens with zero attached hydrogens (tertiary/aromatic N) is 3. The summed E-state index contributed by atoms with van der Waals surface area (Å²) in [7, 11) is 1.58. The highest BCUT2D eigenvalue weighted by Gasteiger charge is 2.54. The highest BCUT2D eigenvalue weighted by molar-refractivity contribution is 5.96. The molecule has 40 heavy (non-hydrogen) atoms. The molecule has 0 aromatic heterocycles. The number of carbonyl (C=O) groups is 3. The lowest BCUT2D eigenvalue weighted by Crippen LogP contribution is -2.58. The Morgan fingerprint density at radius 1 is 0.875 bits per heavy atom. The van der Waals surface area contributed by atoms with Gasteiger partial charge in [-0.05, 0) is 36.1 Å². The molecule has 0 aliphatic carbocycles. The average Bonchev–Trinajstić information content (AvgIpc) is 3.25. The van der Waals surface area contributed by atoms with E-state index in [0.717, 1.165) is 16.8 Å². The van der Waals surface area contributed by atoms with Crippen LogP contribution in [-0.4, -0.2) is 79.6 Å². The molecule has 1 spiro atoms. The van der Waals surface area contributed by atoms with Crippen molar-refractivity contribution in [2.24, 2.45) is 0 Å². The van der Waals surface area contributed by atoms with E-state index in [-0.39, 0.29) is 24.3 Å². The molecule has 0 saturated carbocycles. The largest absolute Gasteiger partial charge is 0.383 e. The fraction of sp³-hybridized carbons (Fsp3) is 0.344. The zero-order valence-electron chi connectivity index (χ0n) is 22.9. The molecular formula is C32H36N4O4. The average molecular weight is 541 g/mol. The number of rotatable bonds is 9. The van der Waals surface area contributed by atoms with Crippen LogP contribution in [0.4, 0.5) is 5.69 Å². The number of nitrogens with one attached hydrogen (secondary N) is 1. The second-order valence-corrected chi connectivity index (χ2v) is 10.4. The molecule has 8 nitrogen and oxygen atoms in total. The zero-order chi connectivity index (χ0) is 28.0. The van der Waals surface area contributed by atoms with Gasteiger partial charge in [-0.25, -0.2) is 0 Å². The number of benzene rings is 3. The van der Waals surface area contributed by atoms with E-state index in [2.05, 4.69) is 10.2 Å². The monoisotopic (exact) mass is 540 g/mol. The Labute approximate surface area is 235 Å². The Bertz CT molecular complexity index is 1250. The predicted octanol–water partition coefficient (Wildman–Crippen LogP) is 3.25. The number of para-hydroxylation sites is 1. The Morgan fingerprint density at radius 2 is 1.43 bits per heavy atom. The van der Waals surface area contributed by atoms with E-state index in [1.165, 1.54) is 0 Å². The van der Waals surface area contributed by atoms with Gasteiger partial charge in [0.25, 0.3) is 5.91 Å². The van der Waals surface area contributed by atoms with Crippen molar-refractivity contribution in [1.29, 1.82) is 0 Å². The van der Waals surface area contributed by atoms with Gasteiger partial charge >= 0.3 is 0 Å². The van der Waals surface area contributed by atoms with Crippen molar-refractivity contribution in [3.05, 3.63) is 102 Å². The molecule has 0 atom stereocenters. The summed E-state index contributed by atoms with van der Waals surface area (Å²) in [6.45, 7) is 2.03. The van der Waals surface area contributed by atoms with Gasteiger partial charge in [-0.1, -0.05) is 78.9 Å². The summed E-state index contributed by atoms with van der Waals surface area (Å²) >= 11 is 0. The Hall–Kier alpha value is -4.17. The summed E-state index contributed by atoms with van der Waals surface area (Å²) in [6.07, 6.45) is 0.981. The second-order valence-electron chi connectivity index (χ2n) is 10.4. The summed E-state index contributed by atoms with van der Waals surface area (Å²) < 4.78 is 5.02. The fourth-order valence-electron chi connectivity index (χ4n) is 5.89. The summed E-state index contributed by atoms with van der Waals surface area (Å²) in [5.41, 5.74) is 2.03. The third-order valence-electron chi connectivity index (χ3n) is 7.96. The summed E-state index contributed by atoms with van der Waals surface area (Å²) in [5, 5.41) is 2.81. The van der Waals surface area contributed by atoms with Crippen LogP contribution < -0.4 is 10.2 Å². The van der Waals surface area contributed by atoms with Gasteiger partial charge in [0, 0.05) is 32.4 Å². The molecule has 208 valence electrons. The van der Waals surface area contributed by atoms with Crippen LogP contribution in [0.25, 0.3) is 0 Å². The van der Waals surface area contributed by atoms with Crippen LogP contribution in [0.5, 0.6) is 0 Å². The minimum absolute atomic E-state index is 0.0135. The van der Waals surface area contributed by atoms with Crippen LogP contribution in [0.15, 0.2) is 91.0 Å². The van der Waals surface area contributed by atoms with Crippen LogP contribution in [-0.2, 0) is 19.1 Å². The maximum absolute atomic E-state index is 14.0. The van der Waals surface area contributed by atoms with Crippen molar-refractivity contribution in [2.75, 3.05) is 51.5 Å². The maximum atomic E-state index is 14.0. The van der Waals surface area contributed by atoms with Crippen LogP contribution in [0.3, 0.4) is 0 Å². The van der Waals surface area contributed by atoms with Gasteiger partial charge in [0.2, 0.25) is 11.8 Å². The Morgan fingerprint density at radius 3 is 1.98 bits per heavy atom. The minimum atomic E-state index is -0.806. The Balaban J connectivity index is 1.36. The first-order chi connectivity index (χ1) is 19.5. The highest BCUT2D eigenvalue weighted by Crippen LogP contribution is 2.40. The van der Waals surface area contributed by atoms with Crippen LogP contribution >= 0.6 is 0 Å². The molecule has 2 aliphatic rings. The van der Waals surface area contributed by atoms with E-state index in [9.17, 15) is 14.4 Å². The number of ether oxygens (including phenoxy) is 1. The van der Waals surface area contributed by atoms with Crippen molar-refractivity contribution in [3.8, 4) is 0 Å².